The standard InChI is InChI=1S/C24H26N2/c1-6-25-17(4)23(19-12-8-10-14-21(19)25)16(3)24-18(5)26(7-2)22-15-11-9-13-20(22)24/h8-15H,3,6-7H2,1-2,4-5H3. The van der Waals surface area contributed by atoms with E-state index in [1.54, 1.807) is 0 Å². The summed E-state index contributed by atoms with van der Waals surface area (Å²) >= 11 is 0. The van der Waals surface area contributed by atoms with E-state index in [-0.39, 0.29) is 0 Å². The number of aromatic nitrogens is 2. The second-order valence-corrected chi connectivity index (χ2v) is 6.92. The molecule has 0 spiro atoms. The molecule has 2 heterocycles. The summed E-state index contributed by atoms with van der Waals surface area (Å²) in [6.07, 6.45) is 0. The van der Waals surface area contributed by atoms with Gasteiger partial charge in [-0.25, -0.2) is 0 Å². The maximum absolute atomic E-state index is 4.59. The number of hydrogen-bond acceptors (Lipinski definition) is 0. The minimum Gasteiger partial charge on any atom is -0.345 e. The molecule has 4 aromatic rings. The van der Waals surface area contributed by atoms with E-state index in [1.807, 2.05) is 0 Å². The summed E-state index contributed by atoms with van der Waals surface area (Å²) in [4.78, 5) is 0. The van der Waals surface area contributed by atoms with Crippen LogP contribution in [0.3, 0.4) is 0 Å². The van der Waals surface area contributed by atoms with Crippen molar-refractivity contribution in [3.63, 3.8) is 0 Å². The predicted octanol–water partition coefficient (Wildman–Crippen LogP) is 6.31. The first-order chi connectivity index (χ1) is 12.6. The molecule has 0 N–H and O–H groups in total. The molecule has 132 valence electrons. The molecule has 0 amide bonds. The monoisotopic (exact) mass is 342 g/mol. The average molecular weight is 342 g/mol. The van der Waals surface area contributed by atoms with Crippen molar-refractivity contribution in [1.82, 2.24) is 9.13 Å². The van der Waals surface area contributed by atoms with E-state index in [0.717, 1.165) is 18.7 Å². The van der Waals surface area contributed by atoms with Crippen molar-refractivity contribution in [3.05, 3.63) is 77.6 Å². The number of nitrogens with zero attached hydrogens (tertiary/aromatic N) is 2. The molecule has 4 rings (SSSR count). The zero-order valence-corrected chi connectivity index (χ0v) is 16.1. The van der Waals surface area contributed by atoms with Gasteiger partial charge in [0.15, 0.2) is 0 Å². The molecule has 2 aromatic heterocycles. The van der Waals surface area contributed by atoms with Crippen LogP contribution in [0.4, 0.5) is 0 Å². The Hall–Kier alpha value is -2.74. The summed E-state index contributed by atoms with van der Waals surface area (Å²) in [6, 6.07) is 17.4. The summed E-state index contributed by atoms with van der Waals surface area (Å²) in [7, 11) is 0. The zero-order valence-electron chi connectivity index (χ0n) is 16.1. The van der Waals surface area contributed by atoms with Gasteiger partial charge in [0, 0.05) is 57.4 Å². The highest BCUT2D eigenvalue weighted by molar-refractivity contribution is 6.05. The van der Waals surface area contributed by atoms with Gasteiger partial charge in [-0.05, 0) is 45.4 Å². The first-order valence-corrected chi connectivity index (χ1v) is 9.45. The van der Waals surface area contributed by atoms with Crippen molar-refractivity contribution in [3.8, 4) is 0 Å². The van der Waals surface area contributed by atoms with Crippen LogP contribution < -0.4 is 0 Å². The zero-order chi connectivity index (χ0) is 18.4. The SMILES string of the molecule is C=C(c1c(C)n(CC)c2ccccc12)c1c(C)n(CC)c2ccccc12. The Morgan fingerprint density at radius 2 is 1.12 bits per heavy atom. The molecule has 0 bridgehead atoms. The van der Waals surface area contributed by atoms with Crippen molar-refractivity contribution in [1.29, 1.82) is 0 Å². The van der Waals surface area contributed by atoms with E-state index in [4.69, 9.17) is 0 Å². The molecule has 0 aliphatic rings. The minimum atomic E-state index is 0.968. The van der Waals surface area contributed by atoms with Gasteiger partial charge in [-0.1, -0.05) is 43.0 Å². The molecule has 0 fully saturated rings. The fourth-order valence-electron chi connectivity index (χ4n) is 4.56. The van der Waals surface area contributed by atoms with Gasteiger partial charge in [-0.3, -0.25) is 0 Å². The van der Waals surface area contributed by atoms with Crippen LogP contribution in [-0.4, -0.2) is 9.13 Å². The second kappa shape index (κ2) is 6.21. The topological polar surface area (TPSA) is 9.86 Å². The van der Waals surface area contributed by atoms with E-state index in [0.29, 0.717) is 0 Å². The third-order valence-corrected chi connectivity index (χ3v) is 5.70. The number of benzene rings is 2. The Morgan fingerprint density at radius 1 is 0.731 bits per heavy atom. The third kappa shape index (κ3) is 2.18. The van der Waals surface area contributed by atoms with Gasteiger partial charge in [0.2, 0.25) is 0 Å². The van der Waals surface area contributed by atoms with Crippen molar-refractivity contribution in [2.45, 2.75) is 40.8 Å². The molecular weight excluding hydrogens is 316 g/mol. The molecular formula is C24H26N2. The van der Waals surface area contributed by atoms with Gasteiger partial charge in [-0.2, -0.15) is 0 Å². The van der Waals surface area contributed by atoms with Crippen molar-refractivity contribution >= 4 is 27.4 Å². The highest BCUT2D eigenvalue weighted by atomic mass is 15.0. The number of rotatable bonds is 4. The number of para-hydroxylation sites is 2. The second-order valence-electron chi connectivity index (χ2n) is 6.92. The summed E-state index contributed by atoms with van der Waals surface area (Å²) in [6.45, 7) is 15.4. The molecule has 0 aliphatic heterocycles. The lowest BCUT2D eigenvalue weighted by Crippen LogP contribution is -1.99. The molecule has 0 radical (unpaired) electrons. The highest BCUT2D eigenvalue weighted by Crippen LogP contribution is 2.39. The van der Waals surface area contributed by atoms with Crippen LogP contribution in [0, 0.1) is 13.8 Å². The Labute approximate surface area is 155 Å². The molecule has 2 heteroatoms. The van der Waals surface area contributed by atoms with Crippen LogP contribution in [0.5, 0.6) is 0 Å². The van der Waals surface area contributed by atoms with E-state index >= 15 is 0 Å². The van der Waals surface area contributed by atoms with Gasteiger partial charge in [0.05, 0.1) is 0 Å². The first-order valence-electron chi connectivity index (χ1n) is 9.45. The summed E-state index contributed by atoms with van der Waals surface area (Å²) in [5.74, 6) is 0. The van der Waals surface area contributed by atoms with Crippen LogP contribution >= 0.6 is 0 Å². The van der Waals surface area contributed by atoms with Crippen LogP contribution in [0.25, 0.3) is 27.4 Å². The number of fused-ring (bicyclic) bond motifs is 2. The van der Waals surface area contributed by atoms with E-state index < -0.39 is 0 Å². The molecule has 2 nitrogen and oxygen atoms in total. The molecule has 26 heavy (non-hydrogen) atoms. The fourth-order valence-corrected chi connectivity index (χ4v) is 4.56. The summed E-state index contributed by atoms with van der Waals surface area (Å²) in [5.41, 5.74) is 8.87. The van der Waals surface area contributed by atoms with E-state index in [2.05, 4.69) is 91.9 Å². The highest BCUT2D eigenvalue weighted by Gasteiger charge is 2.21. The van der Waals surface area contributed by atoms with Crippen molar-refractivity contribution in [2.24, 2.45) is 0 Å². The van der Waals surface area contributed by atoms with Gasteiger partial charge >= 0.3 is 0 Å². The van der Waals surface area contributed by atoms with Crippen LogP contribution in [0.15, 0.2) is 55.1 Å². The smallest absolute Gasteiger partial charge is 0.0488 e. The molecule has 0 atom stereocenters. The lowest BCUT2D eigenvalue weighted by Gasteiger charge is -2.10. The van der Waals surface area contributed by atoms with Crippen molar-refractivity contribution < 1.29 is 0 Å². The molecule has 2 aromatic carbocycles. The first kappa shape index (κ1) is 16.7. The lowest BCUT2D eigenvalue weighted by molar-refractivity contribution is 0.766. The normalized spacial score (nSPS) is 11.5. The predicted molar refractivity (Wildman–Crippen MR) is 113 cm³/mol. The van der Waals surface area contributed by atoms with E-state index in [1.165, 1.54) is 44.3 Å². The van der Waals surface area contributed by atoms with Gasteiger partial charge in [0.25, 0.3) is 0 Å². The van der Waals surface area contributed by atoms with Gasteiger partial charge < -0.3 is 9.13 Å². The van der Waals surface area contributed by atoms with Gasteiger partial charge in [-0.15, -0.1) is 0 Å². The van der Waals surface area contributed by atoms with Crippen LogP contribution in [0.1, 0.15) is 36.4 Å². The Morgan fingerprint density at radius 3 is 1.50 bits per heavy atom. The molecule has 0 saturated heterocycles. The van der Waals surface area contributed by atoms with Crippen LogP contribution in [-0.2, 0) is 13.1 Å². The lowest BCUT2D eigenvalue weighted by atomic mass is 9.95. The summed E-state index contributed by atoms with van der Waals surface area (Å²) in [5, 5.41) is 2.59. The minimum absolute atomic E-state index is 0.968. The number of hydrogen-bond donors (Lipinski definition) is 0. The Kier molecular flexibility index (Phi) is 3.99. The maximum atomic E-state index is 4.59. The van der Waals surface area contributed by atoms with E-state index in [9.17, 15) is 0 Å². The van der Waals surface area contributed by atoms with Crippen molar-refractivity contribution in [2.75, 3.05) is 0 Å². The molecule has 0 saturated carbocycles. The summed E-state index contributed by atoms with van der Waals surface area (Å²) < 4.78 is 4.79. The largest absolute Gasteiger partial charge is 0.345 e. The maximum Gasteiger partial charge on any atom is 0.0488 e. The third-order valence-electron chi connectivity index (χ3n) is 5.70. The van der Waals surface area contributed by atoms with Gasteiger partial charge in [0.1, 0.15) is 0 Å². The Balaban J connectivity index is 2.05. The fraction of sp³-hybridized carbons (Fsp3) is 0.250. The molecule has 0 unspecified atom stereocenters. The number of aryl methyl sites for hydroxylation is 2. The quantitative estimate of drug-likeness (QED) is 0.411. The molecule has 0 aliphatic carbocycles. The van der Waals surface area contributed by atoms with Crippen LogP contribution in [0.2, 0.25) is 0 Å². The Bertz CT molecular complexity index is 1050. The average Bonchev–Trinajstić information content (AvgIpc) is 3.10.